The van der Waals surface area contributed by atoms with Gasteiger partial charge in [0.25, 0.3) is 10.1 Å². The van der Waals surface area contributed by atoms with E-state index in [0.29, 0.717) is 0 Å². The van der Waals surface area contributed by atoms with Crippen molar-refractivity contribution in [2.45, 2.75) is 51.8 Å². The molecule has 1 N–H and O–H groups in total. The molecular weight excluding hydrogens is 321 g/mol. The molecule has 1 atom stereocenters. The van der Waals surface area contributed by atoms with E-state index in [0.717, 1.165) is 6.26 Å². The van der Waals surface area contributed by atoms with E-state index in [1.165, 1.54) is 0 Å². The van der Waals surface area contributed by atoms with Gasteiger partial charge in [-0.25, -0.2) is 14.0 Å². The van der Waals surface area contributed by atoms with Crippen molar-refractivity contribution in [2.24, 2.45) is 0 Å². The number of hydrogen-bond acceptors (Lipinski definition) is 7. The van der Waals surface area contributed by atoms with Crippen LogP contribution in [0, 0.1) is 0 Å². The van der Waals surface area contributed by atoms with E-state index in [9.17, 15) is 22.4 Å². The zero-order valence-corrected chi connectivity index (χ0v) is 13.9. The van der Waals surface area contributed by atoms with Gasteiger partial charge in [0.2, 0.25) is 0 Å². The Kier molecular flexibility index (Phi) is 8.31. The number of halogens is 1. The third-order valence-electron chi connectivity index (χ3n) is 2.01. The van der Waals surface area contributed by atoms with E-state index in [2.05, 4.69) is 9.02 Å². The van der Waals surface area contributed by atoms with Crippen LogP contribution in [0.25, 0.3) is 0 Å². The van der Waals surface area contributed by atoms with Crippen LogP contribution in [0.5, 0.6) is 0 Å². The molecule has 0 saturated heterocycles. The summed E-state index contributed by atoms with van der Waals surface area (Å²) < 4.78 is 43.7. The Morgan fingerprint density at radius 1 is 1.27 bits per heavy atom. The Labute approximate surface area is 129 Å². The van der Waals surface area contributed by atoms with Crippen molar-refractivity contribution in [3.05, 3.63) is 0 Å². The number of hydroxylamine groups is 1. The molecule has 0 aromatic carbocycles. The summed E-state index contributed by atoms with van der Waals surface area (Å²) in [5.41, 5.74) is 1.09. The van der Waals surface area contributed by atoms with Crippen LogP contribution in [0.2, 0.25) is 0 Å². The summed E-state index contributed by atoms with van der Waals surface area (Å²) >= 11 is 0. The van der Waals surface area contributed by atoms with Gasteiger partial charge in [-0.15, -0.1) is 5.48 Å². The molecule has 8 nitrogen and oxygen atoms in total. The summed E-state index contributed by atoms with van der Waals surface area (Å²) in [5, 5.41) is 0. The number of nitrogens with one attached hydrogen (secondary N) is 1. The van der Waals surface area contributed by atoms with E-state index < -0.39 is 40.6 Å². The maximum atomic E-state index is 13.3. The molecule has 0 saturated carbocycles. The lowest BCUT2D eigenvalue weighted by atomic mass is 10.2. The van der Waals surface area contributed by atoms with E-state index in [1.54, 1.807) is 20.8 Å². The van der Waals surface area contributed by atoms with Crippen LogP contribution in [0.4, 0.5) is 9.18 Å². The summed E-state index contributed by atoms with van der Waals surface area (Å²) in [6.45, 7) is 4.35. The van der Waals surface area contributed by atoms with Gasteiger partial charge in [0.1, 0.15) is 11.8 Å². The molecule has 0 aliphatic heterocycles. The van der Waals surface area contributed by atoms with Crippen molar-refractivity contribution >= 4 is 22.2 Å². The molecule has 0 heterocycles. The molecular formula is C12H22FNO7S. The Bertz CT molecular complexity index is 472. The summed E-state index contributed by atoms with van der Waals surface area (Å²) in [4.78, 5) is 26.9. The van der Waals surface area contributed by atoms with Gasteiger partial charge in [-0.3, -0.25) is 4.18 Å². The van der Waals surface area contributed by atoms with Crippen molar-refractivity contribution in [3.8, 4) is 0 Å². The molecule has 0 rings (SSSR count). The quantitative estimate of drug-likeness (QED) is 0.550. The summed E-state index contributed by atoms with van der Waals surface area (Å²) in [5.74, 6) is -0.762. The molecule has 10 heteroatoms. The average Bonchev–Trinajstić information content (AvgIpc) is 2.31. The maximum Gasteiger partial charge on any atom is 0.441 e. The predicted octanol–water partition coefficient (Wildman–Crippen LogP) is 1.45. The van der Waals surface area contributed by atoms with Crippen molar-refractivity contribution in [1.82, 2.24) is 5.48 Å². The molecule has 0 aromatic rings. The molecule has 0 spiro atoms. The Morgan fingerprint density at radius 2 is 1.86 bits per heavy atom. The SMILES string of the molecule is CC(C)(C)OC(=O)NOC(=O)CCCC(F)COS(C)(=O)=O. The zero-order valence-electron chi connectivity index (χ0n) is 13.0. The number of alkyl halides is 1. The van der Waals surface area contributed by atoms with E-state index >= 15 is 0 Å². The Hall–Kier alpha value is -1.42. The molecule has 22 heavy (non-hydrogen) atoms. The lowest BCUT2D eigenvalue weighted by molar-refractivity contribution is -0.150. The van der Waals surface area contributed by atoms with Crippen molar-refractivity contribution < 1.29 is 36.2 Å². The fourth-order valence-electron chi connectivity index (χ4n) is 1.20. The highest BCUT2D eigenvalue weighted by molar-refractivity contribution is 7.85. The van der Waals surface area contributed by atoms with E-state index in [-0.39, 0.29) is 19.3 Å². The maximum absolute atomic E-state index is 13.3. The summed E-state index contributed by atoms with van der Waals surface area (Å²) in [7, 11) is -3.69. The normalized spacial score (nSPS) is 13.3. The molecule has 0 bridgehead atoms. The largest absolute Gasteiger partial charge is 0.442 e. The Morgan fingerprint density at radius 3 is 2.36 bits per heavy atom. The highest BCUT2D eigenvalue weighted by atomic mass is 32.2. The van der Waals surface area contributed by atoms with Gasteiger partial charge in [-0.05, 0) is 33.6 Å². The van der Waals surface area contributed by atoms with Gasteiger partial charge < -0.3 is 9.57 Å². The van der Waals surface area contributed by atoms with Crippen LogP contribution < -0.4 is 5.48 Å². The van der Waals surface area contributed by atoms with Gasteiger partial charge in [0, 0.05) is 6.42 Å². The summed E-state index contributed by atoms with van der Waals surface area (Å²) in [6, 6.07) is 0. The van der Waals surface area contributed by atoms with E-state index in [1.807, 2.05) is 5.48 Å². The van der Waals surface area contributed by atoms with Gasteiger partial charge >= 0.3 is 12.1 Å². The standard InChI is InChI=1S/C12H22FNO7S/c1-12(2,3)20-11(16)14-21-10(15)7-5-6-9(13)8-19-22(4,17)18/h9H,5-8H2,1-4H3,(H,14,16). The van der Waals surface area contributed by atoms with Crippen LogP contribution in [0.3, 0.4) is 0 Å². The third-order valence-corrected chi connectivity index (χ3v) is 2.57. The molecule has 1 amide bonds. The highest BCUT2D eigenvalue weighted by Gasteiger charge is 2.17. The lowest BCUT2D eigenvalue weighted by Gasteiger charge is -2.19. The first-order chi connectivity index (χ1) is 9.89. The molecule has 0 radical (unpaired) electrons. The van der Waals surface area contributed by atoms with Gasteiger partial charge in [0.05, 0.1) is 12.9 Å². The fourth-order valence-corrected chi connectivity index (χ4v) is 1.59. The number of rotatable bonds is 7. The second-order valence-corrected chi connectivity index (χ2v) is 7.20. The monoisotopic (exact) mass is 343 g/mol. The highest BCUT2D eigenvalue weighted by Crippen LogP contribution is 2.08. The molecule has 0 aromatic heterocycles. The number of carbonyl (C=O) groups excluding carboxylic acids is 2. The summed E-state index contributed by atoms with van der Waals surface area (Å²) in [6.07, 6.45) is -1.71. The van der Waals surface area contributed by atoms with Crippen LogP contribution >= 0.6 is 0 Å². The number of amides is 1. The average molecular weight is 343 g/mol. The van der Waals surface area contributed by atoms with Crippen LogP contribution in [0.1, 0.15) is 40.0 Å². The van der Waals surface area contributed by atoms with Crippen molar-refractivity contribution in [2.75, 3.05) is 12.9 Å². The molecule has 130 valence electrons. The van der Waals surface area contributed by atoms with Gasteiger partial charge in [0.15, 0.2) is 0 Å². The molecule has 0 aliphatic rings. The van der Waals surface area contributed by atoms with E-state index in [4.69, 9.17) is 4.74 Å². The zero-order chi connectivity index (χ0) is 17.4. The van der Waals surface area contributed by atoms with Crippen LogP contribution in [-0.2, 0) is 28.7 Å². The number of ether oxygens (including phenoxy) is 1. The Balaban J connectivity index is 3.80. The lowest BCUT2D eigenvalue weighted by Crippen LogP contribution is -2.34. The van der Waals surface area contributed by atoms with Crippen LogP contribution in [0.15, 0.2) is 0 Å². The fraction of sp³-hybridized carbons (Fsp3) is 0.833. The first kappa shape index (κ1) is 20.6. The minimum absolute atomic E-state index is 0.0724. The molecule has 0 aliphatic carbocycles. The van der Waals surface area contributed by atoms with Crippen LogP contribution in [-0.4, -0.2) is 45.1 Å². The first-order valence-corrected chi connectivity index (χ1v) is 8.38. The third kappa shape index (κ3) is 13.6. The number of hydrogen-bond donors (Lipinski definition) is 1. The second-order valence-electron chi connectivity index (χ2n) is 5.56. The minimum atomic E-state index is -3.69. The van der Waals surface area contributed by atoms with Crippen molar-refractivity contribution in [1.29, 1.82) is 0 Å². The first-order valence-electron chi connectivity index (χ1n) is 6.56. The van der Waals surface area contributed by atoms with Crippen molar-refractivity contribution in [3.63, 3.8) is 0 Å². The van der Waals surface area contributed by atoms with Gasteiger partial charge in [-0.1, -0.05) is 0 Å². The number of carbonyl (C=O) groups is 2. The topological polar surface area (TPSA) is 108 Å². The molecule has 1 unspecified atom stereocenters. The smallest absolute Gasteiger partial charge is 0.441 e. The van der Waals surface area contributed by atoms with Gasteiger partial charge in [-0.2, -0.15) is 8.42 Å². The minimum Gasteiger partial charge on any atom is -0.442 e. The predicted molar refractivity (Wildman–Crippen MR) is 75.0 cm³/mol. The molecule has 0 fully saturated rings. The second kappa shape index (κ2) is 8.89.